The van der Waals surface area contributed by atoms with E-state index in [1.807, 2.05) is 32.0 Å². The molecular weight excluding hydrogens is 190 g/mol. The number of hydrogen-bond acceptors (Lipinski definition) is 3. The summed E-state index contributed by atoms with van der Waals surface area (Å²) in [5.41, 5.74) is 0.887. The number of oxime groups is 1. The van der Waals surface area contributed by atoms with Gasteiger partial charge in [0.15, 0.2) is 0 Å². The average molecular weight is 205 g/mol. The first-order valence-corrected chi connectivity index (χ1v) is 5.06. The van der Waals surface area contributed by atoms with Crippen LogP contribution in [-0.4, -0.2) is 11.1 Å². The van der Waals surface area contributed by atoms with Crippen LogP contribution in [0.4, 0.5) is 0 Å². The second-order valence-corrected chi connectivity index (χ2v) is 4.49. The second kappa shape index (κ2) is 3.26. The Hall–Kier alpha value is -1.51. The predicted molar refractivity (Wildman–Crippen MR) is 58.5 cm³/mol. The molecule has 15 heavy (non-hydrogen) atoms. The number of rotatable bonds is 0. The Morgan fingerprint density at radius 3 is 2.67 bits per heavy atom. The molecule has 3 heteroatoms. The van der Waals surface area contributed by atoms with E-state index in [-0.39, 0.29) is 11.3 Å². The lowest BCUT2D eigenvalue weighted by molar-refractivity contribution is 0.255. The Morgan fingerprint density at radius 1 is 1.33 bits per heavy atom. The summed E-state index contributed by atoms with van der Waals surface area (Å²) in [5.74, 6) is 1.44. The van der Waals surface area contributed by atoms with Crippen LogP contribution in [0.1, 0.15) is 32.3 Å². The van der Waals surface area contributed by atoms with Gasteiger partial charge in [-0.15, -0.1) is 0 Å². The summed E-state index contributed by atoms with van der Waals surface area (Å²) in [6.07, 6.45) is 0. The highest BCUT2D eigenvalue weighted by atomic mass is 16.5. The van der Waals surface area contributed by atoms with Gasteiger partial charge >= 0.3 is 0 Å². The summed E-state index contributed by atoms with van der Waals surface area (Å²) in [6, 6.07) is 7.86. The minimum absolute atomic E-state index is 0.272. The average Bonchev–Trinajstić information content (AvgIpc) is 2.23. The fraction of sp³-hybridized carbons (Fsp3) is 0.417. The highest BCUT2D eigenvalue weighted by Crippen LogP contribution is 2.44. The summed E-state index contributed by atoms with van der Waals surface area (Å²) in [5, 5.41) is 12.2. The number of ether oxygens (including phenoxy) is 1. The van der Waals surface area contributed by atoms with Crippen LogP contribution in [0.25, 0.3) is 0 Å². The molecule has 1 atom stereocenters. The van der Waals surface area contributed by atoms with Crippen molar-refractivity contribution in [2.75, 3.05) is 0 Å². The number of hydrogen-bond donors (Lipinski definition) is 1. The van der Waals surface area contributed by atoms with Gasteiger partial charge in [0.25, 0.3) is 0 Å². The molecule has 0 bridgehead atoms. The lowest BCUT2D eigenvalue weighted by atomic mass is 9.74. The summed E-state index contributed by atoms with van der Waals surface area (Å²) in [6.45, 7) is 6.15. The normalized spacial score (nSPS) is 25.8. The molecule has 1 aliphatic heterocycles. The zero-order valence-electron chi connectivity index (χ0n) is 9.19. The molecule has 1 heterocycles. The summed E-state index contributed by atoms with van der Waals surface area (Å²) < 4.78 is 5.57. The van der Waals surface area contributed by atoms with Crippen molar-refractivity contribution in [3.05, 3.63) is 29.8 Å². The van der Waals surface area contributed by atoms with Crippen molar-refractivity contribution in [3.63, 3.8) is 0 Å². The van der Waals surface area contributed by atoms with Crippen molar-refractivity contribution in [2.45, 2.75) is 26.7 Å². The molecule has 80 valence electrons. The monoisotopic (exact) mass is 205 g/mol. The van der Waals surface area contributed by atoms with Crippen LogP contribution in [0, 0.1) is 5.41 Å². The largest absolute Gasteiger partial charge is 0.439 e. The van der Waals surface area contributed by atoms with Crippen LogP contribution in [0.5, 0.6) is 5.75 Å². The number of nitrogens with zero attached hydrogens (tertiary/aromatic N) is 1. The lowest BCUT2D eigenvalue weighted by Crippen LogP contribution is -2.38. The van der Waals surface area contributed by atoms with E-state index in [0.29, 0.717) is 5.90 Å². The number of fused-ring (bicyclic) bond motifs is 1. The molecular formula is C12H15NO2. The smallest absolute Gasteiger partial charge is 0.237 e. The van der Waals surface area contributed by atoms with Crippen LogP contribution in [0.2, 0.25) is 0 Å². The van der Waals surface area contributed by atoms with Gasteiger partial charge in [-0.1, -0.05) is 44.1 Å². The second-order valence-electron chi connectivity index (χ2n) is 4.49. The van der Waals surface area contributed by atoms with Gasteiger partial charge in [0.2, 0.25) is 5.90 Å². The molecule has 0 spiro atoms. The highest BCUT2D eigenvalue weighted by Gasteiger charge is 2.40. The predicted octanol–water partition coefficient (Wildman–Crippen LogP) is 3.00. The van der Waals surface area contributed by atoms with Crippen LogP contribution < -0.4 is 4.74 Å². The third-order valence-corrected chi connectivity index (χ3v) is 3.32. The summed E-state index contributed by atoms with van der Waals surface area (Å²) >= 11 is 0. The van der Waals surface area contributed by atoms with Crippen LogP contribution in [0.15, 0.2) is 29.4 Å². The summed E-state index contributed by atoms with van der Waals surface area (Å²) in [7, 11) is 0. The Kier molecular flexibility index (Phi) is 2.18. The molecule has 0 saturated heterocycles. The molecule has 2 rings (SSSR count). The first-order valence-electron chi connectivity index (χ1n) is 5.06. The van der Waals surface area contributed by atoms with Crippen LogP contribution in [-0.2, 0) is 0 Å². The zero-order valence-corrected chi connectivity index (χ0v) is 9.19. The molecule has 3 nitrogen and oxygen atoms in total. The van der Waals surface area contributed by atoms with Crippen molar-refractivity contribution in [1.82, 2.24) is 0 Å². The molecule has 0 aromatic heterocycles. The van der Waals surface area contributed by atoms with Crippen molar-refractivity contribution < 1.29 is 9.94 Å². The fourth-order valence-electron chi connectivity index (χ4n) is 1.89. The molecule has 1 unspecified atom stereocenters. The molecule has 0 aliphatic carbocycles. The molecule has 1 aliphatic rings. The molecule has 1 N–H and O–H groups in total. The summed E-state index contributed by atoms with van der Waals surface area (Å²) in [4.78, 5) is 0. The Balaban J connectivity index is 2.56. The Morgan fingerprint density at radius 2 is 2.00 bits per heavy atom. The molecule has 1 aromatic rings. The van der Waals surface area contributed by atoms with E-state index in [1.165, 1.54) is 0 Å². The van der Waals surface area contributed by atoms with Crippen molar-refractivity contribution in [3.8, 4) is 5.75 Å². The third-order valence-electron chi connectivity index (χ3n) is 3.32. The Labute approximate surface area is 89.4 Å². The van der Waals surface area contributed by atoms with Gasteiger partial charge in [-0.25, -0.2) is 0 Å². The topological polar surface area (TPSA) is 41.8 Å². The van der Waals surface area contributed by atoms with Gasteiger partial charge in [0.1, 0.15) is 5.75 Å². The standard InChI is InChI=1S/C12H15NO2/c1-8-9-6-4-5-7-10(9)15-11(13-14)12(8,2)3/h4-8,14H,1-3H3. The minimum atomic E-state index is -0.275. The maximum atomic E-state index is 8.93. The van der Waals surface area contributed by atoms with Gasteiger partial charge in [0.05, 0.1) is 5.41 Å². The van der Waals surface area contributed by atoms with Crippen LogP contribution >= 0.6 is 0 Å². The van der Waals surface area contributed by atoms with Gasteiger partial charge in [-0.3, -0.25) is 0 Å². The molecule has 1 aromatic carbocycles. The van der Waals surface area contributed by atoms with Gasteiger partial charge in [0, 0.05) is 0 Å². The van der Waals surface area contributed by atoms with E-state index in [9.17, 15) is 0 Å². The SMILES string of the molecule is CC1c2ccccc2OC(=NO)C1(C)C. The van der Waals surface area contributed by atoms with E-state index >= 15 is 0 Å². The van der Waals surface area contributed by atoms with Crippen molar-refractivity contribution in [2.24, 2.45) is 10.6 Å². The molecule has 0 fully saturated rings. The maximum absolute atomic E-state index is 8.93. The van der Waals surface area contributed by atoms with E-state index in [2.05, 4.69) is 18.1 Å². The number of benzene rings is 1. The molecule has 0 radical (unpaired) electrons. The lowest BCUT2D eigenvalue weighted by Gasteiger charge is -2.37. The maximum Gasteiger partial charge on any atom is 0.237 e. The van der Waals surface area contributed by atoms with E-state index in [1.54, 1.807) is 0 Å². The first kappa shape index (κ1) is 10.0. The third kappa shape index (κ3) is 1.39. The van der Waals surface area contributed by atoms with Crippen molar-refractivity contribution >= 4 is 5.90 Å². The fourth-order valence-corrected chi connectivity index (χ4v) is 1.89. The van der Waals surface area contributed by atoms with E-state index in [0.717, 1.165) is 11.3 Å². The van der Waals surface area contributed by atoms with Gasteiger partial charge < -0.3 is 9.94 Å². The van der Waals surface area contributed by atoms with Crippen molar-refractivity contribution in [1.29, 1.82) is 0 Å². The first-order chi connectivity index (χ1) is 7.07. The van der Waals surface area contributed by atoms with Gasteiger partial charge in [-0.2, -0.15) is 0 Å². The minimum Gasteiger partial charge on any atom is -0.439 e. The number of para-hydroxylation sites is 1. The Bertz CT molecular complexity index is 410. The van der Waals surface area contributed by atoms with Gasteiger partial charge in [-0.05, 0) is 17.5 Å². The molecule has 0 saturated carbocycles. The zero-order chi connectivity index (χ0) is 11.1. The van der Waals surface area contributed by atoms with E-state index in [4.69, 9.17) is 9.94 Å². The molecule has 0 amide bonds. The quantitative estimate of drug-likeness (QED) is 0.522. The van der Waals surface area contributed by atoms with Crippen LogP contribution in [0.3, 0.4) is 0 Å². The highest BCUT2D eigenvalue weighted by molar-refractivity contribution is 5.86. The van der Waals surface area contributed by atoms with E-state index < -0.39 is 0 Å².